The van der Waals surface area contributed by atoms with Crippen LogP contribution in [-0.4, -0.2) is 54.1 Å². The van der Waals surface area contributed by atoms with E-state index < -0.39 is 10.0 Å². The lowest BCUT2D eigenvalue weighted by Gasteiger charge is -2.35. The minimum Gasteiger partial charge on any atom is -0.342 e. The fourth-order valence-corrected chi connectivity index (χ4v) is 6.19. The molecule has 1 aromatic heterocycles. The average molecular weight is 397 g/mol. The van der Waals surface area contributed by atoms with Gasteiger partial charge in [0.25, 0.3) is 0 Å². The SMILES string of the molecule is O=S1(=O)CCCN1C1CCN(c2nc3ccc(-c4ccccc4)cc3[nH]2)CC1. The van der Waals surface area contributed by atoms with Crippen molar-refractivity contribution in [2.24, 2.45) is 0 Å². The molecule has 1 N–H and O–H groups in total. The lowest BCUT2D eigenvalue weighted by molar-refractivity contribution is 0.290. The molecule has 3 heterocycles. The summed E-state index contributed by atoms with van der Waals surface area (Å²) in [5.74, 6) is 1.18. The number of hydrogen-bond donors (Lipinski definition) is 1. The lowest BCUT2D eigenvalue weighted by atomic mass is 10.1. The molecule has 6 nitrogen and oxygen atoms in total. The molecular weight excluding hydrogens is 372 g/mol. The van der Waals surface area contributed by atoms with Crippen LogP contribution in [0.25, 0.3) is 22.2 Å². The number of rotatable bonds is 3. The van der Waals surface area contributed by atoms with E-state index in [9.17, 15) is 8.42 Å². The van der Waals surface area contributed by atoms with Gasteiger partial charge in [0.1, 0.15) is 0 Å². The van der Waals surface area contributed by atoms with Crippen molar-refractivity contribution in [3.05, 3.63) is 48.5 Å². The van der Waals surface area contributed by atoms with E-state index in [2.05, 4.69) is 40.2 Å². The zero-order valence-electron chi connectivity index (χ0n) is 15.7. The molecule has 28 heavy (non-hydrogen) atoms. The van der Waals surface area contributed by atoms with Gasteiger partial charge >= 0.3 is 0 Å². The van der Waals surface area contributed by atoms with Gasteiger partial charge in [-0.3, -0.25) is 0 Å². The number of nitrogens with one attached hydrogen (secondary N) is 1. The summed E-state index contributed by atoms with van der Waals surface area (Å²) in [4.78, 5) is 10.5. The Kier molecular flexibility index (Phi) is 4.36. The highest BCUT2D eigenvalue weighted by molar-refractivity contribution is 7.89. The standard InChI is InChI=1S/C21H24N4O2S/c26-28(27)14-4-11-25(28)18-9-12-24(13-10-18)21-22-19-8-7-17(15-20(19)23-21)16-5-2-1-3-6-16/h1-3,5-8,15,18H,4,9-14H2,(H,22,23). The van der Waals surface area contributed by atoms with Crippen molar-refractivity contribution in [3.8, 4) is 11.1 Å². The number of hydrogen-bond acceptors (Lipinski definition) is 4. The van der Waals surface area contributed by atoms with Crippen molar-refractivity contribution >= 4 is 27.0 Å². The van der Waals surface area contributed by atoms with E-state index in [1.165, 1.54) is 11.1 Å². The molecular formula is C21H24N4O2S. The highest BCUT2D eigenvalue weighted by atomic mass is 32.2. The molecule has 146 valence electrons. The van der Waals surface area contributed by atoms with Gasteiger partial charge in [-0.2, -0.15) is 4.31 Å². The molecule has 0 spiro atoms. The summed E-state index contributed by atoms with van der Waals surface area (Å²) >= 11 is 0. The van der Waals surface area contributed by atoms with E-state index in [0.29, 0.717) is 12.3 Å². The fraction of sp³-hybridized carbons (Fsp3) is 0.381. The van der Waals surface area contributed by atoms with Gasteiger partial charge in [-0.25, -0.2) is 13.4 Å². The van der Waals surface area contributed by atoms with Crippen LogP contribution < -0.4 is 4.90 Å². The van der Waals surface area contributed by atoms with Crippen molar-refractivity contribution in [1.29, 1.82) is 0 Å². The first-order chi connectivity index (χ1) is 13.6. The fourth-order valence-electron chi connectivity index (χ4n) is 4.39. The number of H-pyrrole nitrogens is 1. The van der Waals surface area contributed by atoms with Crippen molar-refractivity contribution in [2.75, 3.05) is 30.3 Å². The molecule has 0 amide bonds. The third kappa shape index (κ3) is 3.18. The summed E-state index contributed by atoms with van der Waals surface area (Å²) in [6.45, 7) is 2.32. The zero-order chi connectivity index (χ0) is 19.1. The number of sulfonamides is 1. The first kappa shape index (κ1) is 17.7. The first-order valence-electron chi connectivity index (χ1n) is 9.90. The summed E-state index contributed by atoms with van der Waals surface area (Å²) in [7, 11) is -3.03. The number of fused-ring (bicyclic) bond motifs is 1. The smallest absolute Gasteiger partial charge is 0.214 e. The van der Waals surface area contributed by atoms with E-state index in [1.54, 1.807) is 4.31 Å². The number of imidazole rings is 1. The van der Waals surface area contributed by atoms with E-state index in [1.807, 2.05) is 18.2 Å². The van der Waals surface area contributed by atoms with Crippen LogP contribution in [0.4, 0.5) is 5.95 Å². The number of benzene rings is 2. The van der Waals surface area contributed by atoms with Gasteiger partial charge in [0, 0.05) is 25.7 Å². The Morgan fingerprint density at radius 3 is 2.46 bits per heavy atom. The second-order valence-electron chi connectivity index (χ2n) is 7.66. The maximum atomic E-state index is 12.2. The number of nitrogens with zero attached hydrogens (tertiary/aromatic N) is 3. The molecule has 5 rings (SSSR count). The Morgan fingerprint density at radius 2 is 1.75 bits per heavy atom. The van der Waals surface area contributed by atoms with Crippen LogP contribution in [0, 0.1) is 0 Å². The van der Waals surface area contributed by atoms with Crippen LogP contribution in [0.3, 0.4) is 0 Å². The van der Waals surface area contributed by atoms with Crippen molar-refractivity contribution in [1.82, 2.24) is 14.3 Å². The highest BCUT2D eigenvalue weighted by Crippen LogP contribution is 2.28. The van der Waals surface area contributed by atoms with Crippen LogP contribution in [0.2, 0.25) is 0 Å². The molecule has 0 bridgehead atoms. The molecule has 2 aliphatic heterocycles. The third-order valence-corrected chi connectivity index (χ3v) is 7.89. The van der Waals surface area contributed by atoms with Crippen LogP contribution in [0.15, 0.2) is 48.5 Å². The minimum atomic E-state index is -3.03. The second-order valence-corrected chi connectivity index (χ2v) is 9.70. The Bertz CT molecular complexity index is 1090. The number of piperidine rings is 1. The molecule has 0 saturated carbocycles. The molecule has 0 radical (unpaired) electrons. The van der Waals surface area contributed by atoms with E-state index in [0.717, 1.165) is 49.3 Å². The first-order valence-corrected chi connectivity index (χ1v) is 11.5. The summed E-state index contributed by atoms with van der Waals surface area (Å²) < 4.78 is 26.1. The van der Waals surface area contributed by atoms with Crippen LogP contribution in [-0.2, 0) is 10.0 Å². The quantitative estimate of drug-likeness (QED) is 0.738. The van der Waals surface area contributed by atoms with Gasteiger partial charge in [0.2, 0.25) is 16.0 Å². The molecule has 0 aliphatic carbocycles. The minimum absolute atomic E-state index is 0.137. The van der Waals surface area contributed by atoms with Crippen molar-refractivity contribution in [2.45, 2.75) is 25.3 Å². The Hall–Kier alpha value is -2.38. The van der Waals surface area contributed by atoms with Gasteiger partial charge in [-0.15, -0.1) is 0 Å². The maximum Gasteiger partial charge on any atom is 0.214 e. The van der Waals surface area contributed by atoms with Gasteiger partial charge in [0.15, 0.2) is 0 Å². The largest absolute Gasteiger partial charge is 0.342 e. The zero-order valence-corrected chi connectivity index (χ0v) is 16.5. The van der Waals surface area contributed by atoms with Crippen LogP contribution in [0.5, 0.6) is 0 Å². The molecule has 7 heteroatoms. The normalized spacial score (nSPS) is 20.8. The molecule has 2 aliphatic rings. The van der Waals surface area contributed by atoms with Gasteiger partial charge in [0.05, 0.1) is 16.8 Å². The second kappa shape index (κ2) is 6.90. The van der Waals surface area contributed by atoms with Gasteiger partial charge in [-0.1, -0.05) is 36.4 Å². The van der Waals surface area contributed by atoms with E-state index in [-0.39, 0.29) is 6.04 Å². The number of aromatic amines is 1. The predicted molar refractivity (Wildman–Crippen MR) is 112 cm³/mol. The van der Waals surface area contributed by atoms with E-state index in [4.69, 9.17) is 4.98 Å². The lowest BCUT2D eigenvalue weighted by Crippen LogP contribution is -2.45. The summed E-state index contributed by atoms with van der Waals surface area (Å²) in [5, 5.41) is 0. The molecule has 0 unspecified atom stereocenters. The third-order valence-electron chi connectivity index (χ3n) is 5.89. The van der Waals surface area contributed by atoms with Gasteiger partial charge < -0.3 is 9.88 Å². The molecule has 2 saturated heterocycles. The summed E-state index contributed by atoms with van der Waals surface area (Å²) in [6.07, 6.45) is 2.47. The van der Waals surface area contributed by atoms with Crippen molar-refractivity contribution in [3.63, 3.8) is 0 Å². The monoisotopic (exact) mass is 396 g/mol. The molecule has 2 fully saturated rings. The van der Waals surface area contributed by atoms with Crippen LogP contribution >= 0.6 is 0 Å². The molecule has 3 aromatic rings. The Balaban J connectivity index is 1.33. The highest BCUT2D eigenvalue weighted by Gasteiger charge is 2.36. The molecule has 2 aromatic carbocycles. The predicted octanol–water partition coefficient (Wildman–Crippen LogP) is 3.23. The molecule has 0 atom stereocenters. The Morgan fingerprint density at radius 1 is 0.964 bits per heavy atom. The number of aromatic nitrogens is 2. The summed E-state index contributed by atoms with van der Waals surface area (Å²) in [5.41, 5.74) is 4.34. The maximum absolute atomic E-state index is 12.2. The topological polar surface area (TPSA) is 69.3 Å². The van der Waals surface area contributed by atoms with Crippen molar-refractivity contribution < 1.29 is 8.42 Å². The van der Waals surface area contributed by atoms with E-state index >= 15 is 0 Å². The average Bonchev–Trinajstić information content (AvgIpc) is 3.30. The van der Waals surface area contributed by atoms with Crippen LogP contribution in [0.1, 0.15) is 19.3 Å². The van der Waals surface area contributed by atoms with Gasteiger partial charge in [-0.05, 0) is 42.5 Å². The number of anilines is 1. The summed E-state index contributed by atoms with van der Waals surface area (Å²) in [6, 6.07) is 16.8. The Labute approximate surface area is 165 Å².